The quantitative estimate of drug-likeness (QED) is 0.727. The molecule has 2 aliphatic heterocycles. The van der Waals surface area contributed by atoms with E-state index in [0.717, 1.165) is 37.2 Å². The van der Waals surface area contributed by atoms with Crippen LogP contribution in [-0.4, -0.2) is 55.8 Å². The van der Waals surface area contributed by atoms with Crippen molar-refractivity contribution in [2.75, 3.05) is 26.2 Å². The maximum absolute atomic E-state index is 13.0. The van der Waals surface area contributed by atoms with Gasteiger partial charge in [-0.15, -0.1) is 0 Å². The molecule has 1 unspecified atom stereocenters. The Labute approximate surface area is 191 Å². The molecule has 0 bridgehead atoms. The molecule has 2 fully saturated rings. The number of rotatable bonds is 6. The van der Waals surface area contributed by atoms with E-state index < -0.39 is 10.0 Å². The Balaban J connectivity index is 1.27. The zero-order valence-corrected chi connectivity index (χ0v) is 19.8. The fourth-order valence-corrected chi connectivity index (χ4v) is 6.19. The van der Waals surface area contributed by atoms with E-state index in [2.05, 4.69) is 34.5 Å². The summed E-state index contributed by atoms with van der Waals surface area (Å²) >= 11 is 0. The van der Waals surface area contributed by atoms with Crippen molar-refractivity contribution in [3.63, 3.8) is 0 Å². The Hall–Kier alpha value is -2.22. The second-order valence-corrected chi connectivity index (χ2v) is 11.1. The van der Waals surface area contributed by atoms with Crippen molar-refractivity contribution in [3.8, 4) is 0 Å². The lowest BCUT2D eigenvalue weighted by Gasteiger charge is -2.31. The van der Waals surface area contributed by atoms with Gasteiger partial charge in [0.2, 0.25) is 15.9 Å². The molecule has 0 radical (unpaired) electrons. The number of likely N-dealkylation sites (tertiary alicyclic amines) is 1. The summed E-state index contributed by atoms with van der Waals surface area (Å²) < 4.78 is 27.5. The Morgan fingerprint density at radius 1 is 0.969 bits per heavy atom. The zero-order valence-electron chi connectivity index (χ0n) is 19.0. The van der Waals surface area contributed by atoms with Crippen molar-refractivity contribution < 1.29 is 13.2 Å². The molecule has 2 aromatic rings. The monoisotopic (exact) mass is 455 g/mol. The number of hydrogen-bond donors (Lipinski definition) is 1. The summed E-state index contributed by atoms with van der Waals surface area (Å²) in [5.74, 6) is -0.0517. The molecule has 2 saturated heterocycles. The molecule has 172 valence electrons. The van der Waals surface area contributed by atoms with Gasteiger partial charge in [-0.25, -0.2) is 8.42 Å². The summed E-state index contributed by atoms with van der Waals surface area (Å²) in [4.78, 5) is 15.5. The highest BCUT2D eigenvalue weighted by Crippen LogP contribution is 2.25. The van der Waals surface area contributed by atoms with E-state index in [1.54, 1.807) is 12.1 Å². The number of piperidine rings is 1. The molecule has 0 aliphatic carbocycles. The average Bonchev–Trinajstić information content (AvgIpc) is 3.23. The lowest BCUT2D eigenvalue weighted by atomic mass is 9.97. The van der Waals surface area contributed by atoms with E-state index in [9.17, 15) is 13.2 Å². The zero-order chi connectivity index (χ0) is 22.7. The van der Waals surface area contributed by atoms with Gasteiger partial charge in [-0.1, -0.05) is 36.4 Å². The molecule has 6 nitrogen and oxygen atoms in total. The number of carbonyl (C=O) groups excluding carboxylic acids is 1. The van der Waals surface area contributed by atoms with Crippen LogP contribution >= 0.6 is 0 Å². The molecular formula is C25H33N3O3S. The molecule has 2 heterocycles. The Morgan fingerprint density at radius 3 is 2.38 bits per heavy atom. The van der Waals surface area contributed by atoms with E-state index in [-0.39, 0.29) is 17.9 Å². The number of hydrogen-bond acceptors (Lipinski definition) is 4. The van der Waals surface area contributed by atoms with Crippen molar-refractivity contribution in [2.24, 2.45) is 5.92 Å². The SMILES string of the molecule is Cc1ccc(S(=O)(=O)N2CCC(C(=O)NC3CCN(Cc4ccccc4)C3)CC2)cc1C. The van der Waals surface area contributed by atoms with Crippen LogP contribution in [0, 0.1) is 19.8 Å². The first-order valence-corrected chi connectivity index (χ1v) is 12.9. The van der Waals surface area contributed by atoms with E-state index in [0.29, 0.717) is 30.8 Å². The largest absolute Gasteiger partial charge is 0.352 e. The van der Waals surface area contributed by atoms with Gasteiger partial charge >= 0.3 is 0 Å². The van der Waals surface area contributed by atoms with Gasteiger partial charge in [-0.2, -0.15) is 4.31 Å². The maximum atomic E-state index is 13.0. The van der Waals surface area contributed by atoms with Crippen molar-refractivity contribution in [1.29, 1.82) is 0 Å². The van der Waals surface area contributed by atoms with Gasteiger partial charge in [-0.3, -0.25) is 9.69 Å². The van der Waals surface area contributed by atoms with Crippen LogP contribution in [-0.2, 0) is 21.4 Å². The van der Waals surface area contributed by atoms with E-state index in [1.165, 1.54) is 9.87 Å². The number of nitrogens with zero attached hydrogens (tertiary/aromatic N) is 2. The van der Waals surface area contributed by atoms with Gasteiger partial charge in [0.15, 0.2) is 0 Å². The summed E-state index contributed by atoms with van der Waals surface area (Å²) in [5.41, 5.74) is 3.34. The van der Waals surface area contributed by atoms with Gasteiger partial charge in [0, 0.05) is 44.7 Å². The van der Waals surface area contributed by atoms with Crippen LogP contribution in [0.5, 0.6) is 0 Å². The third kappa shape index (κ3) is 5.22. The van der Waals surface area contributed by atoms with E-state index in [4.69, 9.17) is 0 Å². The molecule has 1 N–H and O–H groups in total. The third-order valence-electron chi connectivity index (χ3n) is 6.81. The first kappa shape index (κ1) is 23.0. The molecule has 0 aromatic heterocycles. The van der Waals surface area contributed by atoms with Crippen LogP contribution in [0.3, 0.4) is 0 Å². The van der Waals surface area contributed by atoms with Gasteiger partial charge in [0.05, 0.1) is 4.90 Å². The fraction of sp³-hybridized carbons (Fsp3) is 0.480. The average molecular weight is 456 g/mol. The lowest BCUT2D eigenvalue weighted by Crippen LogP contribution is -2.45. The highest BCUT2D eigenvalue weighted by atomic mass is 32.2. The minimum Gasteiger partial charge on any atom is -0.352 e. The predicted molar refractivity (Wildman–Crippen MR) is 126 cm³/mol. The number of benzene rings is 2. The summed E-state index contributed by atoms with van der Waals surface area (Å²) in [5, 5.41) is 3.21. The van der Waals surface area contributed by atoms with Crippen molar-refractivity contribution in [3.05, 3.63) is 65.2 Å². The van der Waals surface area contributed by atoms with Crippen molar-refractivity contribution in [1.82, 2.24) is 14.5 Å². The third-order valence-corrected chi connectivity index (χ3v) is 8.70. The number of amides is 1. The number of carbonyl (C=O) groups is 1. The number of aryl methyl sites for hydroxylation is 2. The summed E-state index contributed by atoms with van der Waals surface area (Å²) in [7, 11) is -3.51. The van der Waals surface area contributed by atoms with Crippen LogP contribution in [0.15, 0.2) is 53.4 Å². The molecular weight excluding hydrogens is 422 g/mol. The normalized spacial score (nSPS) is 21.0. The number of nitrogens with one attached hydrogen (secondary N) is 1. The molecule has 7 heteroatoms. The maximum Gasteiger partial charge on any atom is 0.243 e. The van der Waals surface area contributed by atoms with Crippen LogP contribution in [0.1, 0.15) is 36.0 Å². The summed E-state index contributed by atoms with van der Waals surface area (Å²) in [6.07, 6.45) is 2.09. The van der Waals surface area contributed by atoms with Gasteiger partial charge in [-0.05, 0) is 61.9 Å². The van der Waals surface area contributed by atoms with Gasteiger partial charge < -0.3 is 5.32 Å². The smallest absolute Gasteiger partial charge is 0.243 e. The van der Waals surface area contributed by atoms with Crippen LogP contribution in [0.2, 0.25) is 0 Å². The fourth-order valence-electron chi connectivity index (χ4n) is 4.64. The van der Waals surface area contributed by atoms with Crippen LogP contribution in [0.4, 0.5) is 0 Å². The van der Waals surface area contributed by atoms with Gasteiger partial charge in [0.1, 0.15) is 0 Å². The molecule has 0 spiro atoms. The topological polar surface area (TPSA) is 69.7 Å². The van der Waals surface area contributed by atoms with Crippen molar-refractivity contribution in [2.45, 2.75) is 50.6 Å². The standard InChI is InChI=1S/C25H33N3O3S/c1-19-8-9-24(16-20(19)2)32(30,31)28-14-10-22(11-15-28)25(29)26-23-12-13-27(18-23)17-21-6-4-3-5-7-21/h3-9,16,22-23H,10-15,17-18H2,1-2H3,(H,26,29). The van der Waals surface area contributed by atoms with Gasteiger partial charge in [0.25, 0.3) is 0 Å². The lowest BCUT2D eigenvalue weighted by molar-refractivity contribution is -0.126. The molecule has 2 aliphatic rings. The summed E-state index contributed by atoms with van der Waals surface area (Å²) in [6, 6.07) is 15.8. The second kappa shape index (κ2) is 9.73. The predicted octanol–water partition coefficient (Wildman–Crippen LogP) is 3.09. The Morgan fingerprint density at radius 2 is 1.69 bits per heavy atom. The molecule has 4 rings (SSSR count). The highest BCUT2D eigenvalue weighted by molar-refractivity contribution is 7.89. The first-order chi connectivity index (χ1) is 15.3. The second-order valence-electron chi connectivity index (χ2n) is 9.14. The van der Waals surface area contributed by atoms with Crippen LogP contribution < -0.4 is 5.32 Å². The highest BCUT2D eigenvalue weighted by Gasteiger charge is 2.33. The van der Waals surface area contributed by atoms with E-state index in [1.807, 2.05) is 26.0 Å². The number of sulfonamides is 1. The Kier molecular flexibility index (Phi) is 6.98. The minimum absolute atomic E-state index is 0.0692. The van der Waals surface area contributed by atoms with E-state index >= 15 is 0 Å². The molecule has 1 atom stereocenters. The first-order valence-electron chi connectivity index (χ1n) is 11.5. The molecule has 32 heavy (non-hydrogen) atoms. The Bertz CT molecular complexity index is 1050. The van der Waals surface area contributed by atoms with Crippen LogP contribution in [0.25, 0.3) is 0 Å². The molecule has 1 amide bonds. The summed E-state index contributed by atoms with van der Waals surface area (Å²) in [6.45, 7) is 7.42. The molecule has 2 aromatic carbocycles. The van der Waals surface area contributed by atoms with Crippen molar-refractivity contribution >= 4 is 15.9 Å². The minimum atomic E-state index is -3.51. The molecule has 0 saturated carbocycles.